The molecule has 0 aliphatic heterocycles. The van der Waals surface area contributed by atoms with E-state index in [4.69, 9.17) is 4.55 Å². The van der Waals surface area contributed by atoms with Crippen LogP contribution in [0.15, 0.2) is 30.3 Å². The first-order chi connectivity index (χ1) is 8.47. The number of rotatable bonds is 8. The van der Waals surface area contributed by atoms with Gasteiger partial charge in [-0.2, -0.15) is 8.42 Å². The van der Waals surface area contributed by atoms with Crippen LogP contribution in [0.1, 0.15) is 25.3 Å². The number of benzene rings is 1. The molecule has 0 spiro atoms. The van der Waals surface area contributed by atoms with E-state index in [-0.39, 0.29) is 5.75 Å². The molecule has 1 aromatic carbocycles. The molecule has 18 heavy (non-hydrogen) atoms. The first-order valence-electron chi connectivity index (χ1n) is 6.20. The molecule has 1 atom stereocenters. The Labute approximate surface area is 109 Å². The van der Waals surface area contributed by atoms with Crippen molar-refractivity contribution >= 4 is 10.1 Å². The number of hydrogen-bond donors (Lipinski definition) is 2. The zero-order valence-electron chi connectivity index (χ0n) is 10.7. The van der Waals surface area contributed by atoms with Gasteiger partial charge in [0.2, 0.25) is 0 Å². The summed E-state index contributed by atoms with van der Waals surface area (Å²) in [5.74, 6) is -0.175. The highest BCUT2D eigenvalue weighted by Gasteiger charge is 2.05. The second-order valence-corrected chi connectivity index (χ2v) is 6.09. The van der Waals surface area contributed by atoms with E-state index >= 15 is 0 Å². The lowest BCUT2D eigenvalue weighted by atomic mass is 10.1. The van der Waals surface area contributed by atoms with Gasteiger partial charge in [-0.15, -0.1) is 0 Å². The highest BCUT2D eigenvalue weighted by Crippen LogP contribution is 2.04. The summed E-state index contributed by atoms with van der Waals surface area (Å²) in [5, 5.41) is 3.25. The zero-order chi connectivity index (χ0) is 13.4. The van der Waals surface area contributed by atoms with Crippen molar-refractivity contribution in [1.29, 1.82) is 0 Å². The van der Waals surface area contributed by atoms with E-state index in [2.05, 4.69) is 24.4 Å². The Kier molecular flexibility index (Phi) is 6.32. The van der Waals surface area contributed by atoms with E-state index in [0.29, 0.717) is 19.0 Å². The van der Waals surface area contributed by atoms with Crippen molar-refractivity contribution in [2.24, 2.45) is 0 Å². The number of nitrogens with one attached hydrogen (secondary N) is 1. The van der Waals surface area contributed by atoms with Crippen molar-refractivity contribution < 1.29 is 13.0 Å². The van der Waals surface area contributed by atoms with Gasteiger partial charge in [0.1, 0.15) is 0 Å². The lowest BCUT2D eigenvalue weighted by Crippen LogP contribution is -2.28. The van der Waals surface area contributed by atoms with Crippen molar-refractivity contribution in [1.82, 2.24) is 5.32 Å². The van der Waals surface area contributed by atoms with Gasteiger partial charge in [-0.05, 0) is 38.3 Å². The Morgan fingerprint density at radius 3 is 2.56 bits per heavy atom. The lowest BCUT2D eigenvalue weighted by molar-refractivity contribution is 0.473. The standard InChI is InChI=1S/C13H21NO3S/c1-12(14-10-5-11-18(15,16)17)8-9-13-6-3-2-4-7-13/h2-4,6-7,12,14H,5,8-11H2,1H3,(H,15,16,17). The largest absolute Gasteiger partial charge is 0.314 e. The van der Waals surface area contributed by atoms with E-state index in [1.54, 1.807) is 0 Å². The minimum Gasteiger partial charge on any atom is -0.314 e. The van der Waals surface area contributed by atoms with Crippen LogP contribution in [0.3, 0.4) is 0 Å². The summed E-state index contributed by atoms with van der Waals surface area (Å²) in [6.45, 7) is 2.69. The molecule has 0 bridgehead atoms. The van der Waals surface area contributed by atoms with Crippen LogP contribution in [0.5, 0.6) is 0 Å². The van der Waals surface area contributed by atoms with Gasteiger partial charge in [0.05, 0.1) is 5.75 Å². The Morgan fingerprint density at radius 1 is 1.28 bits per heavy atom. The first kappa shape index (κ1) is 15.1. The van der Waals surface area contributed by atoms with Crippen molar-refractivity contribution in [3.05, 3.63) is 35.9 Å². The molecule has 4 nitrogen and oxygen atoms in total. The highest BCUT2D eigenvalue weighted by molar-refractivity contribution is 7.85. The fraction of sp³-hybridized carbons (Fsp3) is 0.538. The average molecular weight is 271 g/mol. The summed E-state index contributed by atoms with van der Waals surface area (Å²) < 4.78 is 29.6. The third-order valence-corrected chi connectivity index (χ3v) is 3.59. The molecule has 0 radical (unpaired) electrons. The second-order valence-electron chi connectivity index (χ2n) is 4.52. The topological polar surface area (TPSA) is 66.4 Å². The van der Waals surface area contributed by atoms with Crippen molar-refractivity contribution in [3.63, 3.8) is 0 Å². The first-order valence-corrected chi connectivity index (χ1v) is 7.81. The number of aryl methyl sites for hydroxylation is 1. The summed E-state index contributed by atoms with van der Waals surface area (Å²) >= 11 is 0. The average Bonchev–Trinajstić information content (AvgIpc) is 2.32. The van der Waals surface area contributed by atoms with Gasteiger partial charge in [-0.1, -0.05) is 30.3 Å². The molecule has 0 saturated carbocycles. The summed E-state index contributed by atoms with van der Waals surface area (Å²) in [7, 11) is -3.82. The molecule has 5 heteroatoms. The van der Waals surface area contributed by atoms with Crippen molar-refractivity contribution in [3.8, 4) is 0 Å². The Bertz CT molecular complexity index is 431. The SMILES string of the molecule is CC(CCc1ccccc1)NCCCS(=O)(=O)O. The molecule has 0 aliphatic rings. The van der Waals surface area contributed by atoms with Crippen LogP contribution in [0.4, 0.5) is 0 Å². The maximum absolute atomic E-state index is 10.5. The molecule has 0 aromatic heterocycles. The minimum atomic E-state index is -3.82. The van der Waals surface area contributed by atoms with Crippen LogP contribution in [0.25, 0.3) is 0 Å². The highest BCUT2D eigenvalue weighted by atomic mass is 32.2. The molecule has 1 rings (SSSR count). The molecule has 1 aromatic rings. The van der Waals surface area contributed by atoms with Gasteiger partial charge in [-0.3, -0.25) is 4.55 Å². The fourth-order valence-corrected chi connectivity index (χ4v) is 2.24. The van der Waals surface area contributed by atoms with Crippen LogP contribution in [-0.2, 0) is 16.5 Å². The monoisotopic (exact) mass is 271 g/mol. The minimum absolute atomic E-state index is 0.175. The molecular weight excluding hydrogens is 250 g/mol. The normalized spacial score (nSPS) is 13.4. The van der Waals surface area contributed by atoms with Crippen molar-refractivity contribution in [2.75, 3.05) is 12.3 Å². The van der Waals surface area contributed by atoms with E-state index in [0.717, 1.165) is 12.8 Å². The second kappa shape index (κ2) is 7.51. The molecule has 1 unspecified atom stereocenters. The molecule has 0 heterocycles. The van der Waals surface area contributed by atoms with Crippen molar-refractivity contribution in [2.45, 2.75) is 32.2 Å². The van der Waals surface area contributed by atoms with E-state index < -0.39 is 10.1 Å². The predicted octanol–water partition coefficient (Wildman–Crippen LogP) is 1.88. The Balaban J connectivity index is 2.13. The van der Waals surface area contributed by atoms with E-state index in [1.165, 1.54) is 5.56 Å². The molecule has 0 aliphatic carbocycles. The molecule has 0 fully saturated rings. The fourth-order valence-electron chi connectivity index (χ4n) is 1.73. The third kappa shape index (κ3) is 7.42. The van der Waals surface area contributed by atoms with Gasteiger partial charge in [-0.25, -0.2) is 0 Å². The van der Waals surface area contributed by atoms with Crippen LogP contribution < -0.4 is 5.32 Å². The van der Waals surface area contributed by atoms with E-state index in [1.807, 2.05) is 18.2 Å². The van der Waals surface area contributed by atoms with Crippen LogP contribution >= 0.6 is 0 Å². The number of hydrogen-bond acceptors (Lipinski definition) is 3. The smallest absolute Gasteiger partial charge is 0.264 e. The van der Waals surface area contributed by atoms with Gasteiger partial charge in [0, 0.05) is 6.04 Å². The molecule has 0 saturated heterocycles. The van der Waals surface area contributed by atoms with Gasteiger partial charge in [0.25, 0.3) is 10.1 Å². The van der Waals surface area contributed by atoms with Crippen LogP contribution in [0.2, 0.25) is 0 Å². The zero-order valence-corrected chi connectivity index (χ0v) is 11.5. The quantitative estimate of drug-likeness (QED) is 0.559. The molecular formula is C13H21NO3S. The summed E-state index contributed by atoms with van der Waals surface area (Å²) in [5.41, 5.74) is 1.31. The van der Waals surface area contributed by atoms with Gasteiger partial charge in [0.15, 0.2) is 0 Å². The summed E-state index contributed by atoms with van der Waals surface area (Å²) in [6.07, 6.45) is 2.46. The Morgan fingerprint density at radius 2 is 1.94 bits per heavy atom. The van der Waals surface area contributed by atoms with E-state index in [9.17, 15) is 8.42 Å². The predicted molar refractivity (Wildman–Crippen MR) is 73.3 cm³/mol. The van der Waals surface area contributed by atoms with Crippen LogP contribution in [0, 0.1) is 0 Å². The summed E-state index contributed by atoms with van der Waals surface area (Å²) in [6, 6.07) is 10.6. The lowest BCUT2D eigenvalue weighted by Gasteiger charge is -2.13. The maximum atomic E-state index is 10.5. The molecule has 102 valence electrons. The third-order valence-electron chi connectivity index (χ3n) is 2.78. The van der Waals surface area contributed by atoms with Gasteiger partial charge < -0.3 is 5.32 Å². The van der Waals surface area contributed by atoms with Crippen LogP contribution in [-0.4, -0.2) is 31.3 Å². The van der Waals surface area contributed by atoms with Gasteiger partial charge >= 0.3 is 0 Å². The summed E-state index contributed by atoms with van der Waals surface area (Å²) in [4.78, 5) is 0. The Hall–Kier alpha value is -0.910. The molecule has 2 N–H and O–H groups in total. The maximum Gasteiger partial charge on any atom is 0.264 e. The molecule has 0 amide bonds.